The predicted octanol–water partition coefficient (Wildman–Crippen LogP) is 1.55. The summed E-state index contributed by atoms with van der Waals surface area (Å²) in [5, 5.41) is 0. The Morgan fingerprint density at radius 3 is 3.00 bits per heavy atom. The first-order chi connectivity index (χ1) is 6.77. The van der Waals surface area contributed by atoms with Crippen molar-refractivity contribution in [3.05, 3.63) is 11.9 Å². The number of nitrogen functional groups attached to an aromatic ring is 1. The molecule has 4 nitrogen and oxygen atoms in total. The molecule has 4 heteroatoms. The molecule has 0 aromatic carbocycles. The second-order valence-electron chi connectivity index (χ2n) is 3.77. The molecule has 0 bridgehead atoms. The highest BCUT2D eigenvalue weighted by Gasteiger charge is 2.20. The molecule has 1 heterocycles. The molecular formula is C10H15N3O. The first kappa shape index (κ1) is 9.24. The summed E-state index contributed by atoms with van der Waals surface area (Å²) in [5.74, 6) is 2.01. The van der Waals surface area contributed by atoms with Crippen LogP contribution in [0.2, 0.25) is 0 Å². The molecule has 1 aliphatic rings. The summed E-state index contributed by atoms with van der Waals surface area (Å²) in [7, 11) is 0. The topological polar surface area (TPSA) is 61.0 Å². The van der Waals surface area contributed by atoms with Crippen LogP contribution in [0.3, 0.4) is 0 Å². The van der Waals surface area contributed by atoms with Crippen molar-refractivity contribution in [2.45, 2.75) is 26.2 Å². The van der Waals surface area contributed by atoms with Gasteiger partial charge in [-0.3, -0.25) is 0 Å². The van der Waals surface area contributed by atoms with E-state index >= 15 is 0 Å². The van der Waals surface area contributed by atoms with Gasteiger partial charge in [0, 0.05) is 0 Å². The Kier molecular flexibility index (Phi) is 2.52. The third kappa shape index (κ3) is 2.13. The predicted molar refractivity (Wildman–Crippen MR) is 54.0 cm³/mol. The Hall–Kier alpha value is -1.32. The lowest BCUT2D eigenvalue weighted by Gasteiger charge is -2.07. The molecule has 76 valence electrons. The largest absolute Gasteiger partial charge is 0.477 e. The van der Waals surface area contributed by atoms with Crippen molar-refractivity contribution in [1.82, 2.24) is 9.97 Å². The summed E-state index contributed by atoms with van der Waals surface area (Å²) in [6, 6.07) is 0. The van der Waals surface area contributed by atoms with Gasteiger partial charge in [0.25, 0.3) is 0 Å². The summed E-state index contributed by atoms with van der Waals surface area (Å²) in [6.07, 6.45) is 5.28. The van der Waals surface area contributed by atoms with Gasteiger partial charge in [-0.15, -0.1) is 0 Å². The standard InChI is InChI=1S/C10H15N3O/c1-7-9(11)12-6-13-10(7)14-5-4-8-2-3-8/h6,8H,2-5H2,1H3,(H2,11,12,13). The van der Waals surface area contributed by atoms with Crippen LogP contribution >= 0.6 is 0 Å². The first-order valence-electron chi connectivity index (χ1n) is 4.97. The second-order valence-corrected chi connectivity index (χ2v) is 3.77. The van der Waals surface area contributed by atoms with Crippen molar-refractivity contribution < 1.29 is 4.74 Å². The molecule has 0 spiro atoms. The molecule has 1 fully saturated rings. The minimum atomic E-state index is 0.501. The molecule has 0 radical (unpaired) electrons. The van der Waals surface area contributed by atoms with Gasteiger partial charge in [-0.2, -0.15) is 0 Å². The average molecular weight is 193 g/mol. The van der Waals surface area contributed by atoms with E-state index in [4.69, 9.17) is 10.5 Å². The fourth-order valence-electron chi connectivity index (χ4n) is 1.32. The number of anilines is 1. The normalized spacial score (nSPS) is 15.5. The fraction of sp³-hybridized carbons (Fsp3) is 0.600. The Morgan fingerprint density at radius 2 is 2.29 bits per heavy atom. The van der Waals surface area contributed by atoms with E-state index in [0.717, 1.165) is 24.5 Å². The van der Waals surface area contributed by atoms with E-state index in [1.165, 1.54) is 19.2 Å². The lowest BCUT2D eigenvalue weighted by Crippen LogP contribution is -2.04. The highest BCUT2D eigenvalue weighted by atomic mass is 16.5. The zero-order valence-corrected chi connectivity index (χ0v) is 8.36. The van der Waals surface area contributed by atoms with E-state index in [9.17, 15) is 0 Å². The molecule has 1 aromatic rings. The molecule has 0 saturated heterocycles. The first-order valence-corrected chi connectivity index (χ1v) is 4.97. The Labute approximate surface area is 83.5 Å². The van der Waals surface area contributed by atoms with Crippen LogP contribution in [0.4, 0.5) is 5.82 Å². The van der Waals surface area contributed by atoms with Gasteiger partial charge in [-0.05, 0) is 19.3 Å². The highest BCUT2D eigenvalue weighted by Crippen LogP contribution is 2.32. The van der Waals surface area contributed by atoms with Crippen LogP contribution in [0.5, 0.6) is 5.88 Å². The van der Waals surface area contributed by atoms with Gasteiger partial charge in [-0.25, -0.2) is 9.97 Å². The molecule has 1 aromatic heterocycles. The number of aromatic nitrogens is 2. The maximum Gasteiger partial charge on any atom is 0.221 e. The molecule has 0 aliphatic heterocycles. The lowest BCUT2D eigenvalue weighted by atomic mass is 10.3. The SMILES string of the molecule is Cc1c(N)ncnc1OCCC1CC1. The van der Waals surface area contributed by atoms with Crippen molar-refractivity contribution >= 4 is 5.82 Å². The summed E-state index contributed by atoms with van der Waals surface area (Å²) >= 11 is 0. The third-order valence-corrected chi connectivity index (χ3v) is 2.54. The van der Waals surface area contributed by atoms with Gasteiger partial charge in [0.05, 0.1) is 12.2 Å². The molecule has 14 heavy (non-hydrogen) atoms. The molecule has 1 aliphatic carbocycles. The van der Waals surface area contributed by atoms with Crippen LogP contribution < -0.4 is 10.5 Å². The maximum atomic E-state index is 5.63. The Morgan fingerprint density at radius 1 is 1.50 bits per heavy atom. The number of nitrogens with zero attached hydrogens (tertiary/aromatic N) is 2. The molecule has 2 rings (SSSR count). The molecule has 0 unspecified atom stereocenters. The van der Waals surface area contributed by atoms with Gasteiger partial charge in [-0.1, -0.05) is 12.8 Å². The van der Waals surface area contributed by atoms with E-state index in [-0.39, 0.29) is 0 Å². The quantitative estimate of drug-likeness (QED) is 0.788. The monoisotopic (exact) mass is 193 g/mol. The van der Waals surface area contributed by atoms with Crippen molar-refractivity contribution in [2.24, 2.45) is 5.92 Å². The number of rotatable bonds is 4. The zero-order valence-electron chi connectivity index (χ0n) is 8.36. The van der Waals surface area contributed by atoms with Gasteiger partial charge in [0.1, 0.15) is 12.1 Å². The van der Waals surface area contributed by atoms with E-state index in [2.05, 4.69) is 9.97 Å². The van der Waals surface area contributed by atoms with Crippen LogP contribution in [0.15, 0.2) is 6.33 Å². The number of hydrogen-bond donors (Lipinski definition) is 1. The smallest absolute Gasteiger partial charge is 0.221 e. The minimum absolute atomic E-state index is 0.501. The number of hydrogen-bond acceptors (Lipinski definition) is 4. The summed E-state index contributed by atoms with van der Waals surface area (Å²) < 4.78 is 5.54. The second kappa shape index (κ2) is 3.82. The highest BCUT2D eigenvalue weighted by molar-refractivity contribution is 5.42. The molecule has 2 N–H and O–H groups in total. The summed E-state index contributed by atoms with van der Waals surface area (Å²) in [4.78, 5) is 7.92. The Balaban J connectivity index is 1.90. The van der Waals surface area contributed by atoms with Crippen molar-refractivity contribution in [3.8, 4) is 5.88 Å². The van der Waals surface area contributed by atoms with E-state index < -0.39 is 0 Å². The van der Waals surface area contributed by atoms with Gasteiger partial charge in [0.2, 0.25) is 5.88 Å². The van der Waals surface area contributed by atoms with Crippen molar-refractivity contribution in [1.29, 1.82) is 0 Å². The molecule has 0 atom stereocenters. The average Bonchev–Trinajstić information content (AvgIpc) is 2.96. The van der Waals surface area contributed by atoms with Gasteiger partial charge in [0.15, 0.2) is 0 Å². The van der Waals surface area contributed by atoms with Crippen LogP contribution in [-0.4, -0.2) is 16.6 Å². The molecular weight excluding hydrogens is 178 g/mol. The van der Waals surface area contributed by atoms with Gasteiger partial charge < -0.3 is 10.5 Å². The van der Waals surface area contributed by atoms with Crippen LogP contribution in [-0.2, 0) is 0 Å². The van der Waals surface area contributed by atoms with Crippen LogP contribution in [0.1, 0.15) is 24.8 Å². The van der Waals surface area contributed by atoms with Crippen LogP contribution in [0.25, 0.3) is 0 Å². The summed E-state index contributed by atoms with van der Waals surface area (Å²) in [6.45, 7) is 2.61. The fourth-order valence-corrected chi connectivity index (χ4v) is 1.32. The van der Waals surface area contributed by atoms with E-state index in [1.54, 1.807) is 0 Å². The number of nitrogens with two attached hydrogens (primary N) is 1. The summed E-state index contributed by atoms with van der Waals surface area (Å²) in [5.41, 5.74) is 6.47. The van der Waals surface area contributed by atoms with Crippen molar-refractivity contribution in [2.75, 3.05) is 12.3 Å². The Bertz CT molecular complexity index is 323. The number of ether oxygens (including phenoxy) is 1. The molecule has 0 amide bonds. The lowest BCUT2D eigenvalue weighted by molar-refractivity contribution is 0.289. The van der Waals surface area contributed by atoms with Crippen LogP contribution in [0, 0.1) is 12.8 Å². The maximum absolute atomic E-state index is 5.63. The minimum Gasteiger partial charge on any atom is -0.477 e. The third-order valence-electron chi connectivity index (χ3n) is 2.54. The van der Waals surface area contributed by atoms with E-state index in [0.29, 0.717) is 11.7 Å². The van der Waals surface area contributed by atoms with Gasteiger partial charge >= 0.3 is 0 Å². The zero-order chi connectivity index (χ0) is 9.97. The van der Waals surface area contributed by atoms with E-state index in [1.807, 2.05) is 6.92 Å². The van der Waals surface area contributed by atoms with Crippen molar-refractivity contribution in [3.63, 3.8) is 0 Å². The molecule has 1 saturated carbocycles.